The molecule has 1 heterocycles. The highest BCUT2D eigenvalue weighted by Gasteiger charge is 2.51. The van der Waals surface area contributed by atoms with Crippen molar-refractivity contribution >= 4 is 16.8 Å². The van der Waals surface area contributed by atoms with Crippen molar-refractivity contribution in [1.29, 1.82) is 0 Å². The fraction of sp³-hybridized carbons (Fsp3) is 0.609. The third-order valence-electron chi connectivity index (χ3n) is 7.30. The van der Waals surface area contributed by atoms with E-state index in [1.165, 1.54) is 38.5 Å². The number of aryl methyl sites for hydroxylation is 1. The summed E-state index contributed by atoms with van der Waals surface area (Å²) in [4.78, 5) is 13.4. The first kappa shape index (κ1) is 17.3. The maximum absolute atomic E-state index is 13.4. The van der Waals surface area contributed by atoms with Gasteiger partial charge in [0.25, 0.3) is 5.91 Å². The summed E-state index contributed by atoms with van der Waals surface area (Å²) in [6.45, 7) is 1.56. The minimum atomic E-state index is 0.0599. The molecular formula is C23H31N3O. The SMILES string of the molecule is NCCCCn1c(C(=O)NC23CC4CC(CC(C4)C2)C3)cc2ccccc21. The van der Waals surface area contributed by atoms with E-state index in [0.717, 1.165) is 53.7 Å². The number of fused-ring (bicyclic) bond motifs is 1. The number of nitrogens with one attached hydrogen (secondary N) is 1. The maximum Gasteiger partial charge on any atom is 0.268 e. The Bertz CT molecular complexity index is 817. The average molecular weight is 366 g/mol. The van der Waals surface area contributed by atoms with Gasteiger partial charge < -0.3 is 15.6 Å². The first-order valence-electron chi connectivity index (χ1n) is 10.8. The lowest BCUT2D eigenvalue weighted by Crippen LogP contribution is -2.60. The number of nitrogens with two attached hydrogens (primary N) is 1. The number of rotatable bonds is 6. The van der Waals surface area contributed by atoms with Crippen LogP contribution in [0.5, 0.6) is 0 Å². The van der Waals surface area contributed by atoms with Crippen LogP contribution in [0.1, 0.15) is 61.9 Å². The van der Waals surface area contributed by atoms with Gasteiger partial charge in [-0.25, -0.2) is 0 Å². The van der Waals surface area contributed by atoms with E-state index in [1.807, 2.05) is 6.07 Å². The number of hydrogen-bond acceptors (Lipinski definition) is 2. The van der Waals surface area contributed by atoms with Crippen LogP contribution in [0, 0.1) is 17.8 Å². The monoisotopic (exact) mass is 365 g/mol. The minimum Gasteiger partial charge on any atom is -0.345 e. The fourth-order valence-electron chi connectivity index (χ4n) is 6.62. The van der Waals surface area contributed by atoms with Crippen LogP contribution in [0.4, 0.5) is 0 Å². The van der Waals surface area contributed by atoms with Crippen LogP contribution in [0.15, 0.2) is 30.3 Å². The fourth-order valence-corrected chi connectivity index (χ4v) is 6.62. The van der Waals surface area contributed by atoms with Crippen LogP contribution >= 0.6 is 0 Å². The minimum absolute atomic E-state index is 0.0599. The topological polar surface area (TPSA) is 60.0 Å². The molecule has 4 nitrogen and oxygen atoms in total. The van der Waals surface area contributed by atoms with Gasteiger partial charge >= 0.3 is 0 Å². The molecule has 3 N–H and O–H groups in total. The summed E-state index contributed by atoms with van der Waals surface area (Å²) >= 11 is 0. The summed E-state index contributed by atoms with van der Waals surface area (Å²) in [6.07, 6.45) is 9.77. The van der Waals surface area contributed by atoms with Crippen LogP contribution in [-0.2, 0) is 6.54 Å². The number of carbonyl (C=O) groups excluding carboxylic acids is 1. The van der Waals surface area contributed by atoms with Gasteiger partial charge in [-0.3, -0.25) is 4.79 Å². The van der Waals surface area contributed by atoms with E-state index in [0.29, 0.717) is 6.54 Å². The van der Waals surface area contributed by atoms with Gasteiger partial charge in [0.05, 0.1) is 0 Å². The van der Waals surface area contributed by atoms with Crippen LogP contribution in [-0.4, -0.2) is 22.6 Å². The first-order chi connectivity index (χ1) is 13.2. The van der Waals surface area contributed by atoms with E-state index in [9.17, 15) is 4.79 Å². The van der Waals surface area contributed by atoms with Crippen molar-refractivity contribution in [2.75, 3.05) is 6.54 Å². The standard InChI is InChI=1S/C23H31N3O/c24-7-3-4-8-26-20-6-2-1-5-19(20)12-21(26)22(27)25-23-13-16-9-17(14-23)11-18(10-16)15-23/h1-2,5-6,12,16-18H,3-4,7-11,13-15,24H2,(H,25,27). The van der Waals surface area contributed by atoms with Crippen molar-refractivity contribution in [3.05, 3.63) is 36.0 Å². The largest absolute Gasteiger partial charge is 0.345 e. The van der Waals surface area contributed by atoms with Crippen molar-refractivity contribution in [1.82, 2.24) is 9.88 Å². The molecule has 6 rings (SSSR count). The third-order valence-corrected chi connectivity index (χ3v) is 7.30. The molecular weight excluding hydrogens is 334 g/mol. The van der Waals surface area contributed by atoms with Gasteiger partial charge in [-0.2, -0.15) is 0 Å². The number of nitrogens with zero attached hydrogens (tertiary/aromatic N) is 1. The highest BCUT2D eigenvalue weighted by molar-refractivity contribution is 5.99. The normalized spacial score (nSPS) is 31.5. The Morgan fingerprint density at radius 1 is 1.07 bits per heavy atom. The van der Waals surface area contributed by atoms with Crippen LogP contribution in [0.3, 0.4) is 0 Å². The smallest absolute Gasteiger partial charge is 0.268 e. The molecule has 27 heavy (non-hydrogen) atoms. The molecule has 0 spiro atoms. The molecule has 4 aliphatic carbocycles. The number of hydrogen-bond donors (Lipinski definition) is 2. The zero-order valence-corrected chi connectivity index (χ0v) is 16.1. The molecule has 0 atom stereocenters. The number of amides is 1. The van der Waals surface area contributed by atoms with Gasteiger partial charge in [0.15, 0.2) is 0 Å². The van der Waals surface area contributed by atoms with E-state index in [-0.39, 0.29) is 11.4 Å². The van der Waals surface area contributed by atoms with Crippen molar-refractivity contribution in [2.24, 2.45) is 23.5 Å². The quantitative estimate of drug-likeness (QED) is 0.758. The van der Waals surface area contributed by atoms with Gasteiger partial charge in [0, 0.05) is 23.0 Å². The van der Waals surface area contributed by atoms with Crippen LogP contribution < -0.4 is 11.1 Å². The van der Waals surface area contributed by atoms with E-state index in [2.05, 4.69) is 34.1 Å². The predicted octanol–water partition coefficient (Wildman–Crippen LogP) is 4.08. The van der Waals surface area contributed by atoms with Crippen molar-refractivity contribution < 1.29 is 4.79 Å². The molecule has 4 bridgehead atoms. The Morgan fingerprint density at radius 2 is 1.74 bits per heavy atom. The molecule has 0 unspecified atom stereocenters. The van der Waals surface area contributed by atoms with Gasteiger partial charge in [0.1, 0.15) is 5.69 Å². The van der Waals surface area contributed by atoms with Crippen molar-refractivity contribution in [3.8, 4) is 0 Å². The number of carbonyl (C=O) groups is 1. The van der Waals surface area contributed by atoms with Crippen LogP contribution in [0.2, 0.25) is 0 Å². The second-order valence-corrected chi connectivity index (χ2v) is 9.39. The first-order valence-corrected chi connectivity index (χ1v) is 10.8. The van der Waals surface area contributed by atoms with E-state index in [4.69, 9.17) is 5.73 Å². The zero-order valence-electron chi connectivity index (χ0n) is 16.1. The Balaban J connectivity index is 1.43. The Labute approximate surface area is 161 Å². The van der Waals surface area contributed by atoms with Crippen molar-refractivity contribution in [2.45, 2.75) is 63.5 Å². The summed E-state index contributed by atoms with van der Waals surface area (Å²) in [7, 11) is 0. The molecule has 0 aliphatic heterocycles. The van der Waals surface area contributed by atoms with Crippen LogP contribution in [0.25, 0.3) is 10.9 Å². The maximum atomic E-state index is 13.4. The van der Waals surface area contributed by atoms with E-state index >= 15 is 0 Å². The Morgan fingerprint density at radius 3 is 2.41 bits per heavy atom. The molecule has 0 saturated heterocycles. The highest BCUT2D eigenvalue weighted by Crippen LogP contribution is 2.55. The molecule has 1 amide bonds. The molecule has 4 saturated carbocycles. The molecule has 4 heteroatoms. The lowest BCUT2D eigenvalue weighted by atomic mass is 9.53. The van der Waals surface area contributed by atoms with Gasteiger partial charge in [-0.1, -0.05) is 18.2 Å². The molecule has 0 radical (unpaired) electrons. The second kappa shape index (κ2) is 6.66. The number of aromatic nitrogens is 1. The van der Waals surface area contributed by atoms with E-state index in [1.54, 1.807) is 0 Å². The summed E-state index contributed by atoms with van der Waals surface area (Å²) < 4.78 is 2.21. The lowest BCUT2D eigenvalue weighted by molar-refractivity contribution is -0.0168. The summed E-state index contributed by atoms with van der Waals surface area (Å²) in [5.74, 6) is 2.65. The van der Waals surface area contributed by atoms with Crippen molar-refractivity contribution in [3.63, 3.8) is 0 Å². The molecule has 4 aliphatic rings. The third kappa shape index (κ3) is 3.08. The Hall–Kier alpha value is -1.81. The summed E-state index contributed by atoms with van der Waals surface area (Å²) in [5.41, 5.74) is 7.73. The van der Waals surface area contributed by atoms with Gasteiger partial charge in [-0.05, 0) is 87.8 Å². The van der Waals surface area contributed by atoms with Gasteiger partial charge in [-0.15, -0.1) is 0 Å². The predicted molar refractivity (Wildman–Crippen MR) is 109 cm³/mol. The molecule has 144 valence electrons. The second-order valence-electron chi connectivity index (χ2n) is 9.39. The molecule has 1 aromatic heterocycles. The molecule has 2 aromatic rings. The lowest BCUT2D eigenvalue weighted by Gasteiger charge is -2.56. The zero-order chi connectivity index (χ0) is 18.4. The average Bonchev–Trinajstić information content (AvgIpc) is 2.99. The summed E-state index contributed by atoms with van der Waals surface area (Å²) in [6, 6.07) is 10.4. The Kier molecular flexibility index (Phi) is 4.27. The number of unbranched alkanes of at least 4 members (excludes halogenated alkanes) is 1. The molecule has 4 fully saturated rings. The summed E-state index contributed by atoms with van der Waals surface area (Å²) in [5, 5.41) is 4.70. The van der Waals surface area contributed by atoms with E-state index < -0.39 is 0 Å². The molecule has 1 aromatic carbocycles. The number of benzene rings is 1. The highest BCUT2D eigenvalue weighted by atomic mass is 16.2. The van der Waals surface area contributed by atoms with Gasteiger partial charge in [0.2, 0.25) is 0 Å². The number of para-hydroxylation sites is 1.